The number of hydrogen-bond donors (Lipinski definition) is 1. The highest BCUT2D eigenvalue weighted by atomic mass is 79.9. The number of halogens is 1. The lowest BCUT2D eigenvalue weighted by molar-refractivity contribution is -0.117. The molecule has 0 fully saturated rings. The van der Waals surface area contributed by atoms with E-state index in [2.05, 4.69) is 20.9 Å². The van der Waals surface area contributed by atoms with Crippen LogP contribution in [0.25, 0.3) is 0 Å². The largest absolute Gasteiger partial charge is 0.369 e. The normalized spacial score (nSPS) is 11.4. The molecule has 1 aromatic heterocycles. The summed E-state index contributed by atoms with van der Waals surface area (Å²) in [5, 5.41) is 0. The van der Waals surface area contributed by atoms with Crippen LogP contribution in [-0.4, -0.2) is 25.6 Å². The number of aromatic nitrogens is 1. The van der Waals surface area contributed by atoms with E-state index in [-0.39, 0.29) is 12.2 Å². The van der Waals surface area contributed by atoms with Crippen molar-refractivity contribution in [1.82, 2.24) is 4.98 Å². The number of nitrogens with two attached hydrogens (primary N) is 1. The molecule has 1 heterocycles. The first-order chi connectivity index (χ1) is 7.28. The van der Waals surface area contributed by atoms with Crippen LogP contribution in [-0.2, 0) is 26.8 Å². The maximum absolute atomic E-state index is 11.2. The van der Waals surface area contributed by atoms with E-state index in [0.29, 0.717) is 15.7 Å². The first kappa shape index (κ1) is 13.1. The van der Waals surface area contributed by atoms with Crippen LogP contribution in [0.3, 0.4) is 0 Å². The van der Waals surface area contributed by atoms with Crippen molar-refractivity contribution in [3.63, 3.8) is 0 Å². The van der Waals surface area contributed by atoms with Gasteiger partial charge in [-0.3, -0.25) is 9.78 Å². The van der Waals surface area contributed by atoms with E-state index >= 15 is 0 Å². The van der Waals surface area contributed by atoms with Gasteiger partial charge in [0, 0.05) is 16.9 Å². The second-order valence-corrected chi connectivity index (χ2v) is 6.53. The molecular weight excluding hydrogens is 296 g/mol. The van der Waals surface area contributed by atoms with Crippen molar-refractivity contribution in [2.24, 2.45) is 5.73 Å². The summed E-state index contributed by atoms with van der Waals surface area (Å²) in [6.45, 7) is 0. The van der Waals surface area contributed by atoms with Crippen molar-refractivity contribution in [1.29, 1.82) is 0 Å². The van der Waals surface area contributed by atoms with E-state index in [4.69, 9.17) is 5.73 Å². The second kappa shape index (κ2) is 4.92. The molecule has 0 aliphatic carbocycles. The van der Waals surface area contributed by atoms with Gasteiger partial charge in [0.1, 0.15) is 0 Å². The van der Waals surface area contributed by atoms with Gasteiger partial charge in [-0.1, -0.05) is 0 Å². The number of primary amides is 1. The average Bonchev–Trinajstić information content (AvgIpc) is 2.06. The summed E-state index contributed by atoms with van der Waals surface area (Å²) in [6, 6.07) is 1.63. The van der Waals surface area contributed by atoms with Gasteiger partial charge in [-0.05, 0) is 27.6 Å². The van der Waals surface area contributed by atoms with Crippen LogP contribution >= 0.6 is 15.9 Å². The molecule has 0 aliphatic heterocycles. The molecule has 0 aromatic carbocycles. The Bertz CT molecular complexity index is 513. The molecule has 1 amide bonds. The molecule has 0 bridgehead atoms. The number of pyridine rings is 1. The van der Waals surface area contributed by atoms with Gasteiger partial charge in [0.15, 0.2) is 9.84 Å². The molecule has 0 spiro atoms. The van der Waals surface area contributed by atoms with Gasteiger partial charge >= 0.3 is 0 Å². The van der Waals surface area contributed by atoms with Gasteiger partial charge < -0.3 is 5.73 Å². The van der Waals surface area contributed by atoms with Gasteiger partial charge in [0.05, 0.1) is 17.9 Å². The summed E-state index contributed by atoms with van der Waals surface area (Å²) in [5.74, 6) is -0.688. The van der Waals surface area contributed by atoms with Crippen molar-refractivity contribution in [3.05, 3.63) is 28.0 Å². The minimum atomic E-state index is -3.17. The summed E-state index contributed by atoms with van der Waals surface area (Å²) in [5.41, 5.74) is 5.95. The van der Waals surface area contributed by atoms with Gasteiger partial charge in [-0.2, -0.15) is 0 Å². The van der Waals surface area contributed by atoms with E-state index in [1.807, 2.05) is 0 Å². The molecule has 0 saturated carbocycles. The van der Waals surface area contributed by atoms with Gasteiger partial charge in [-0.15, -0.1) is 0 Å². The number of sulfone groups is 1. The highest BCUT2D eigenvalue weighted by Crippen LogP contribution is 2.16. The van der Waals surface area contributed by atoms with Crippen LogP contribution < -0.4 is 5.73 Å². The predicted molar refractivity (Wildman–Crippen MR) is 63.4 cm³/mol. The van der Waals surface area contributed by atoms with Crippen LogP contribution in [0.1, 0.15) is 11.3 Å². The molecule has 0 unspecified atom stereocenters. The van der Waals surface area contributed by atoms with Crippen LogP contribution in [0.2, 0.25) is 0 Å². The first-order valence-corrected chi connectivity index (χ1v) is 7.22. The zero-order valence-electron chi connectivity index (χ0n) is 8.60. The maximum Gasteiger partial charge on any atom is 0.223 e. The average molecular weight is 307 g/mol. The first-order valence-electron chi connectivity index (χ1n) is 4.37. The Morgan fingerprint density at radius 1 is 1.56 bits per heavy atom. The summed E-state index contributed by atoms with van der Waals surface area (Å²) in [6.07, 6.45) is 2.57. The minimum absolute atomic E-state index is 0.0574. The molecule has 16 heavy (non-hydrogen) atoms. The lowest BCUT2D eigenvalue weighted by atomic mass is 10.1. The van der Waals surface area contributed by atoms with Gasteiger partial charge in [0.25, 0.3) is 0 Å². The molecule has 7 heteroatoms. The summed E-state index contributed by atoms with van der Waals surface area (Å²) in [7, 11) is -3.17. The van der Waals surface area contributed by atoms with E-state index in [9.17, 15) is 13.2 Å². The zero-order chi connectivity index (χ0) is 12.3. The molecule has 0 saturated heterocycles. The lowest BCUT2D eigenvalue weighted by Crippen LogP contribution is -2.17. The van der Waals surface area contributed by atoms with Crippen LogP contribution in [0.5, 0.6) is 0 Å². The minimum Gasteiger partial charge on any atom is -0.369 e. The van der Waals surface area contributed by atoms with Crippen molar-refractivity contribution in [2.45, 2.75) is 12.2 Å². The highest BCUT2D eigenvalue weighted by Gasteiger charge is 2.12. The second-order valence-electron chi connectivity index (χ2n) is 3.47. The van der Waals surface area contributed by atoms with E-state index in [1.165, 1.54) is 6.20 Å². The number of carbonyl (C=O) groups excluding carboxylic acids is 1. The number of nitrogens with zero attached hydrogens (tertiary/aromatic N) is 1. The molecule has 5 nitrogen and oxygen atoms in total. The van der Waals surface area contributed by atoms with Crippen molar-refractivity contribution in [2.75, 3.05) is 6.26 Å². The fourth-order valence-electron chi connectivity index (χ4n) is 1.24. The van der Waals surface area contributed by atoms with Gasteiger partial charge in [-0.25, -0.2) is 8.42 Å². The third-order valence-corrected chi connectivity index (χ3v) is 3.05. The van der Waals surface area contributed by atoms with Crippen molar-refractivity contribution in [3.8, 4) is 0 Å². The molecular formula is C9H11BrN2O3S. The molecule has 0 radical (unpaired) electrons. The molecule has 1 aromatic rings. The number of amides is 1. The fraction of sp³-hybridized carbons (Fsp3) is 0.333. The Hall–Kier alpha value is -0.950. The zero-order valence-corrected chi connectivity index (χ0v) is 11.0. The van der Waals surface area contributed by atoms with E-state index in [0.717, 1.165) is 6.26 Å². The van der Waals surface area contributed by atoms with E-state index in [1.54, 1.807) is 6.07 Å². The Balaban J connectivity index is 3.13. The number of rotatable bonds is 4. The smallest absolute Gasteiger partial charge is 0.223 e. The monoisotopic (exact) mass is 306 g/mol. The predicted octanol–water partition coefficient (Wildman–Crippen LogP) is 0.417. The Morgan fingerprint density at radius 2 is 2.19 bits per heavy atom. The standard InChI is InChI=1S/C9H11BrN2O3S/c1-16(14,15)5-6-2-7(10)4-12-8(6)3-9(11)13/h2,4H,3,5H2,1H3,(H2,11,13). The Kier molecular flexibility index (Phi) is 4.03. The van der Waals surface area contributed by atoms with Crippen LogP contribution in [0.15, 0.2) is 16.7 Å². The number of carbonyl (C=O) groups is 1. The Morgan fingerprint density at radius 3 is 2.69 bits per heavy atom. The molecule has 1 rings (SSSR count). The van der Waals surface area contributed by atoms with Gasteiger partial charge in [0.2, 0.25) is 5.91 Å². The van der Waals surface area contributed by atoms with Crippen molar-refractivity contribution < 1.29 is 13.2 Å². The lowest BCUT2D eigenvalue weighted by Gasteiger charge is -2.06. The Labute approximate surface area is 102 Å². The summed E-state index contributed by atoms with van der Waals surface area (Å²) in [4.78, 5) is 14.8. The third kappa shape index (κ3) is 4.28. The molecule has 0 atom stereocenters. The highest BCUT2D eigenvalue weighted by molar-refractivity contribution is 9.10. The SMILES string of the molecule is CS(=O)(=O)Cc1cc(Br)cnc1CC(N)=O. The topological polar surface area (TPSA) is 90.1 Å². The van der Waals surface area contributed by atoms with Crippen LogP contribution in [0.4, 0.5) is 0 Å². The van der Waals surface area contributed by atoms with Crippen molar-refractivity contribution >= 4 is 31.7 Å². The fourth-order valence-corrected chi connectivity index (χ4v) is 2.43. The number of hydrogen-bond acceptors (Lipinski definition) is 4. The maximum atomic E-state index is 11.2. The molecule has 88 valence electrons. The molecule has 0 aliphatic rings. The molecule has 2 N–H and O–H groups in total. The van der Waals surface area contributed by atoms with E-state index < -0.39 is 15.7 Å². The quantitative estimate of drug-likeness (QED) is 0.872. The third-order valence-electron chi connectivity index (χ3n) is 1.79. The summed E-state index contributed by atoms with van der Waals surface area (Å²) < 4.78 is 23.0. The summed E-state index contributed by atoms with van der Waals surface area (Å²) >= 11 is 3.20. The van der Waals surface area contributed by atoms with Crippen LogP contribution in [0, 0.1) is 0 Å².